The van der Waals surface area contributed by atoms with Crippen LogP contribution in [-0.2, 0) is 0 Å². The van der Waals surface area contributed by atoms with Gasteiger partial charge in [-0.25, -0.2) is 0 Å². The highest BCUT2D eigenvalue weighted by atomic mass is 14.9. The van der Waals surface area contributed by atoms with Crippen LogP contribution in [0.1, 0.15) is 42.0 Å². The highest BCUT2D eigenvalue weighted by Crippen LogP contribution is 2.40. The van der Waals surface area contributed by atoms with Crippen LogP contribution in [0.3, 0.4) is 0 Å². The minimum Gasteiger partial charge on any atom is -0.378 e. The second-order valence-electron chi connectivity index (χ2n) is 5.34. The Bertz CT molecular complexity index is 545. The van der Waals surface area contributed by atoms with Crippen LogP contribution in [0.5, 0.6) is 0 Å². The second-order valence-corrected chi connectivity index (χ2v) is 5.34. The summed E-state index contributed by atoms with van der Waals surface area (Å²) >= 11 is 0. The molecular formula is C17H19N. The van der Waals surface area contributed by atoms with Crippen LogP contribution in [0.15, 0.2) is 48.5 Å². The van der Waals surface area contributed by atoms with Crippen molar-refractivity contribution in [3.8, 4) is 0 Å². The van der Waals surface area contributed by atoms with E-state index in [0.29, 0.717) is 12.0 Å². The Balaban J connectivity index is 1.95. The van der Waals surface area contributed by atoms with Gasteiger partial charge in [-0.15, -0.1) is 0 Å². The number of nitrogens with one attached hydrogen (secondary N) is 1. The van der Waals surface area contributed by atoms with Crippen LogP contribution in [0.4, 0.5) is 5.69 Å². The first-order valence-corrected chi connectivity index (χ1v) is 6.66. The number of fused-ring (bicyclic) bond motifs is 1. The lowest BCUT2D eigenvalue weighted by Gasteiger charge is -2.32. The molecule has 2 aromatic rings. The monoisotopic (exact) mass is 237 g/mol. The molecule has 0 amide bonds. The molecule has 1 heteroatoms. The summed E-state index contributed by atoms with van der Waals surface area (Å²) < 4.78 is 0. The van der Waals surface area contributed by atoms with Crippen molar-refractivity contribution in [2.45, 2.75) is 32.2 Å². The number of benzene rings is 2. The van der Waals surface area contributed by atoms with Crippen LogP contribution in [0, 0.1) is 6.92 Å². The molecule has 1 aliphatic heterocycles. The number of aryl methyl sites for hydroxylation is 1. The maximum atomic E-state index is 3.67. The Morgan fingerprint density at radius 3 is 2.61 bits per heavy atom. The Hall–Kier alpha value is -1.76. The summed E-state index contributed by atoms with van der Waals surface area (Å²) in [5.74, 6) is 0.617. The molecule has 0 aliphatic carbocycles. The number of anilines is 1. The van der Waals surface area contributed by atoms with Gasteiger partial charge in [0, 0.05) is 5.69 Å². The van der Waals surface area contributed by atoms with E-state index in [9.17, 15) is 0 Å². The van der Waals surface area contributed by atoms with Crippen molar-refractivity contribution in [1.82, 2.24) is 0 Å². The molecule has 0 radical (unpaired) electrons. The minimum atomic E-state index is 0.441. The number of hydrogen-bond acceptors (Lipinski definition) is 1. The topological polar surface area (TPSA) is 12.0 Å². The van der Waals surface area contributed by atoms with Gasteiger partial charge in [-0.05, 0) is 36.5 Å². The van der Waals surface area contributed by atoms with Crippen molar-refractivity contribution in [3.63, 3.8) is 0 Å². The maximum absolute atomic E-state index is 3.67. The molecule has 1 aliphatic rings. The number of rotatable bonds is 1. The molecule has 0 saturated carbocycles. The van der Waals surface area contributed by atoms with E-state index in [0.717, 1.165) is 0 Å². The Kier molecular flexibility index (Phi) is 2.83. The van der Waals surface area contributed by atoms with Gasteiger partial charge >= 0.3 is 0 Å². The normalized spacial score (nSPS) is 22.1. The zero-order chi connectivity index (χ0) is 12.5. The Morgan fingerprint density at radius 2 is 1.83 bits per heavy atom. The molecule has 1 N–H and O–H groups in total. The van der Waals surface area contributed by atoms with Gasteiger partial charge in [0.2, 0.25) is 0 Å². The largest absolute Gasteiger partial charge is 0.378 e. The van der Waals surface area contributed by atoms with E-state index in [4.69, 9.17) is 0 Å². The average molecular weight is 237 g/mol. The van der Waals surface area contributed by atoms with Gasteiger partial charge in [0.1, 0.15) is 0 Å². The van der Waals surface area contributed by atoms with Crippen molar-refractivity contribution in [2.75, 3.05) is 5.32 Å². The Morgan fingerprint density at radius 1 is 1.06 bits per heavy atom. The van der Waals surface area contributed by atoms with E-state index < -0.39 is 0 Å². The van der Waals surface area contributed by atoms with Crippen LogP contribution in [0.2, 0.25) is 0 Å². The molecule has 0 spiro atoms. The quantitative estimate of drug-likeness (QED) is 0.761. The molecule has 0 saturated heterocycles. The van der Waals surface area contributed by atoms with Crippen molar-refractivity contribution < 1.29 is 0 Å². The first-order valence-electron chi connectivity index (χ1n) is 6.66. The second kappa shape index (κ2) is 4.49. The fourth-order valence-electron chi connectivity index (χ4n) is 2.85. The van der Waals surface area contributed by atoms with Crippen LogP contribution >= 0.6 is 0 Å². The third-order valence-electron chi connectivity index (χ3n) is 3.86. The summed E-state index contributed by atoms with van der Waals surface area (Å²) in [5, 5.41) is 3.67. The van der Waals surface area contributed by atoms with Crippen LogP contribution in [-0.4, -0.2) is 0 Å². The molecule has 92 valence electrons. The van der Waals surface area contributed by atoms with E-state index in [1.54, 1.807) is 0 Å². The van der Waals surface area contributed by atoms with E-state index in [1.165, 1.54) is 28.8 Å². The first-order chi connectivity index (χ1) is 8.74. The van der Waals surface area contributed by atoms with E-state index in [-0.39, 0.29) is 0 Å². The van der Waals surface area contributed by atoms with Crippen molar-refractivity contribution in [3.05, 3.63) is 65.2 Å². The minimum absolute atomic E-state index is 0.441. The summed E-state index contributed by atoms with van der Waals surface area (Å²) in [7, 11) is 0. The molecule has 18 heavy (non-hydrogen) atoms. The van der Waals surface area contributed by atoms with Gasteiger partial charge in [-0.3, -0.25) is 0 Å². The van der Waals surface area contributed by atoms with Crippen molar-refractivity contribution >= 4 is 5.69 Å². The number of hydrogen-bond donors (Lipinski definition) is 1. The standard InChI is InChI=1S/C17H19N/c1-12-8-9-16-15(10-12)13(2)11-17(18-16)14-6-4-3-5-7-14/h3-10,13,17-18H,11H2,1-2H3. The summed E-state index contributed by atoms with van der Waals surface area (Å²) in [6, 6.07) is 17.9. The first kappa shape index (κ1) is 11.3. The molecule has 0 bridgehead atoms. The van der Waals surface area contributed by atoms with Crippen molar-refractivity contribution in [1.29, 1.82) is 0 Å². The molecule has 2 unspecified atom stereocenters. The lowest BCUT2D eigenvalue weighted by molar-refractivity contribution is 0.579. The lowest BCUT2D eigenvalue weighted by Crippen LogP contribution is -2.20. The molecule has 1 nitrogen and oxygen atoms in total. The smallest absolute Gasteiger partial charge is 0.0519 e. The molecular weight excluding hydrogens is 218 g/mol. The summed E-state index contributed by atoms with van der Waals surface area (Å²) in [5.41, 5.74) is 5.49. The zero-order valence-corrected chi connectivity index (χ0v) is 11.0. The summed E-state index contributed by atoms with van der Waals surface area (Å²) in [6.45, 7) is 4.49. The molecule has 0 fully saturated rings. The average Bonchev–Trinajstić information content (AvgIpc) is 2.40. The van der Waals surface area contributed by atoms with Crippen molar-refractivity contribution in [2.24, 2.45) is 0 Å². The molecule has 1 heterocycles. The lowest BCUT2D eigenvalue weighted by atomic mass is 9.85. The van der Waals surface area contributed by atoms with Gasteiger partial charge < -0.3 is 5.32 Å². The molecule has 3 rings (SSSR count). The molecule has 2 aromatic carbocycles. The molecule has 2 atom stereocenters. The third kappa shape index (κ3) is 2.01. The zero-order valence-electron chi connectivity index (χ0n) is 11.0. The SMILES string of the molecule is Cc1ccc2c(c1)C(C)CC(c1ccccc1)N2. The Labute approximate surface area is 109 Å². The van der Waals surface area contributed by atoms with Gasteiger partial charge in [0.25, 0.3) is 0 Å². The predicted octanol–water partition coefficient (Wildman–Crippen LogP) is 4.66. The summed E-state index contributed by atoms with van der Waals surface area (Å²) in [4.78, 5) is 0. The maximum Gasteiger partial charge on any atom is 0.0519 e. The van der Waals surface area contributed by atoms with Crippen LogP contribution in [0.25, 0.3) is 0 Å². The molecule has 0 aromatic heterocycles. The fraction of sp³-hybridized carbons (Fsp3) is 0.294. The van der Waals surface area contributed by atoms with Gasteiger partial charge in [0.15, 0.2) is 0 Å². The van der Waals surface area contributed by atoms with Gasteiger partial charge in [0.05, 0.1) is 6.04 Å². The van der Waals surface area contributed by atoms with Gasteiger partial charge in [-0.2, -0.15) is 0 Å². The summed E-state index contributed by atoms with van der Waals surface area (Å²) in [6.07, 6.45) is 1.17. The van der Waals surface area contributed by atoms with E-state index in [2.05, 4.69) is 67.7 Å². The fourth-order valence-corrected chi connectivity index (χ4v) is 2.85. The van der Waals surface area contributed by atoms with E-state index >= 15 is 0 Å². The predicted molar refractivity (Wildman–Crippen MR) is 77.0 cm³/mol. The van der Waals surface area contributed by atoms with Gasteiger partial charge in [-0.1, -0.05) is 55.0 Å². The van der Waals surface area contributed by atoms with Crippen LogP contribution < -0.4 is 5.32 Å². The third-order valence-corrected chi connectivity index (χ3v) is 3.86. The van der Waals surface area contributed by atoms with E-state index in [1.807, 2.05) is 0 Å². The highest BCUT2D eigenvalue weighted by molar-refractivity contribution is 5.57. The highest BCUT2D eigenvalue weighted by Gasteiger charge is 2.24.